The van der Waals surface area contributed by atoms with Gasteiger partial charge < -0.3 is 25.6 Å². The summed E-state index contributed by atoms with van der Waals surface area (Å²) in [5.74, 6) is 2.43. The van der Waals surface area contributed by atoms with Crippen LogP contribution in [0.1, 0.15) is 66.2 Å². The number of hydrogen-bond donors (Lipinski definition) is 2. The SMILES string of the molecule is Cc1c(N2CC[C@H](N)C2)nc2cc3nn2c1NCCCCOc1ccc(Cl)cc1C(=O)N1CCCC[C@@H]31. The van der Waals surface area contributed by atoms with Crippen molar-refractivity contribution in [2.24, 2.45) is 5.73 Å². The van der Waals surface area contributed by atoms with Crippen LogP contribution in [0.15, 0.2) is 24.3 Å². The summed E-state index contributed by atoms with van der Waals surface area (Å²) in [4.78, 5) is 23.2. The number of fused-ring (bicyclic) bond motifs is 4. The van der Waals surface area contributed by atoms with Gasteiger partial charge in [-0.2, -0.15) is 9.61 Å². The van der Waals surface area contributed by atoms with Gasteiger partial charge in [0.2, 0.25) is 0 Å². The maximum absolute atomic E-state index is 13.9. The van der Waals surface area contributed by atoms with Crippen molar-refractivity contribution < 1.29 is 9.53 Å². The van der Waals surface area contributed by atoms with Crippen LogP contribution in [0, 0.1) is 6.92 Å². The van der Waals surface area contributed by atoms with E-state index in [-0.39, 0.29) is 18.0 Å². The Morgan fingerprint density at radius 3 is 2.86 bits per heavy atom. The molecule has 9 nitrogen and oxygen atoms in total. The average molecular weight is 524 g/mol. The van der Waals surface area contributed by atoms with E-state index in [1.807, 2.05) is 15.5 Å². The number of hydrogen-bond acceptors (Lipinski definition) is 7. The summed E-state index contributed by atoms with van der Waals surface area (Å²) in [5, 5.41) is 9.20. The molecule has 0 saturated carbocycles. The van der Waals surface area contributed by atoms with Crippen molar-refractivity contribution >= 4 is 34.8 Å². The molecule has 0 radical (unpaired) electrons. The third-order valence-corrected chi connectivity index (χ3v) is 7.99. The average Bonchev–Trinajstić information content (AvgIpc) is 3.52. The largest absolute Gasteiger partial charge is 0.493 e. The predicted molar refractivity (Wildman–Crippen MR) is 145 cm³/mol. The zero-order valence-electron chi connectivity index (χ0n) is 21.3. The van der Waals surface area contributed by atoms with E-state index in [0.29, 0.717) is 29.5 Å². The lowest BCUT2D eigenvalue weighted by Gasteiger charge is -2.35. The molecular weight excluding hydrogens is 490 g/mol. The van der Waals surface area contributed by atoms with Gasteiger partial charge in [0.15, 0.2) is 5.65 Å². The number of nitrogens with two attached hydrogens (primary N) is 1. The zero-order chi connectivity index (χ0) is 25.5. The number of aromatic nitrogens is 3. The van der Waals surface area contributed by atoms with Gasteiger partial charge in [0.25, 0.3) is 5.91 Å². The third-order valence-electron chi connectivity index (χ3n) is 7.75. The van der Waals surface area contributed by atoms with Crippen LogP contribution in [0.5, 0.6) is 5.75 Å². The summed E-state index contributed by atoms with van der Waals surface area (Å²) >= 11 is 6.32. The molecule has 0 aliphatic carbocycles. The van der Waals surface area contributed by atoms with Crippen LogP contribution in [-0.4, -0.2) is 64.2 Å². The molecule has 2 bridgehead atoms. The molecule has 10 heteroatoms. The zero-order valence-corrected chi connectivity index (χ0v) is 22.0. The first kappa shape index (κ1) is 24.3. The molecule has 37 heavy (non-hydrogen) atoms. The Labute approximate surface area is 221 Å². The summed E-state index contributed by atoms with van der Waals surface area (Å²) < 4.78 is 8.01. The Hall–Kier alpha value is -3.04. The van der Waals surface area contributed by atoms with E-state index in [2.05, 4.69) is 17.1 Å². The smallest absolute Gasteiger partial charge is 0.258 e. The number of carbonyl (C=O) groups excluding carboxylic acids is 1. The fraction of sp³-hybridized carbons (Fsp3) is 0.519. The van der Waals surface area contributed by atoms with E-state index in [9.17, 15) is 4.79 Å². The lowest BCUT2D eigenvalue weighted by molar-refractivity contribution is 0.0601. The number of amides is 1. The van der Waals surface area contributed by atoms with Gasteiger partial charge in [-0.3, -0.25) is 4.79 Å². The van der Waals surface area contributed by atoms with E-state index in [4.69, 9.17) is 32.2 Å². The lowest BCUT2D eigenvalue weighted by Crippen LogP contribution is -2.39. The molecule has 0 unspecified atom stereocenters. The van der Waals surface area contributed by atoms with Gasteiger partial charge in [-0.1, -0.05) is 11.6 Å². The van der Waals surface area contributed by atoms with E-state index in [1.165, 1.54) is 0 Å². The number of carbonyl (C=O) groups is 1. The minimum absolute atomic E-state index is 0.0663. The predicted octanol–water partition coefficient (Wildman–Crippen LogP) is 4.18. The highest BCUT2D eigenvalue weighted by Crippen LogP contribution is 2.36. The molecule has 1 amide bonds. The molecule has 3 aliphatic heterocycles. The van der Waals surface area contributed by atoms with E-state index in [1.54, 1.807) is 18.2 Å². The number of benzene rings is 1. The molecule has 0 spiro atoms. The Morgan fingerprint density at radius 1 is 1.14 bits per heavy atom. The molecule has 2 fully saturated rings. The van der Waals surface area contributed by atoms with Crippen LogP contribution in [0.3, 0.4) is 0 Å². The van der Waals surface area contributed by atoms with Crippen LogP contribution >= 0.6 is 11.6 Å². The normalized spacial score (nSPS) is 22.7. The van der Waals surface area contributed by atoms with Crippen molar-refractivity contribution in [1.82, 2.24) is 19.5 Å². The number of rotatable bonds is 1. The van der Waals surface area contributed by atoms with Crippen LogP contribution < -0.4 is 20.7 Å². The Kier molecular flexibility index (Phi) is 6.58. The Bertz CT molecular complexity index is 1330. The maximum Gasteiger partial charge on any atom is 0.258 e. The Balaban J connectivity index is 1.46. The molecule has 1 aromatic carbocycles. The number of anilines is 2. The summed E-state index contributed by atoms with van der Waals surface area (Å²) in [6.45, 7) is 5.77. The number of nitrogens with one attached hydrogen (secondary N) is 1. The molecule has 2 aromatic heterocycles. The standard InChI is InChI=1S/C27H34ClN7O2/c1-17-25-30-10-3-5-13-37-23-8-7-18(28)14-20(23)27(36)34-11-4-2-6-22(34)21-15-24(35(25)32-21)31-26(17)33-12-9-19(29)16-33/h7-8,14-15,19,22,30H,2-6,9-13,16,29H2,1H3/t19-,22-/m0/s1. The topological polar surface area (TPSA) is 101 Å². The fourth-order valence-corrected chi connectivity index (χ4v) is 5.97. The van der Waals surface area contributed by atoms with Gasteiger partial charge in [0.05, 0.1) is 23.9 Å². The van der Waals surface area contributed by atoms with Crippen molar-refractivity contribution in [3.63, 3.8) is 0 Å². The van der Waals surface area contributed by atoms with Gasteiger partial charge in [0, 0.05) is 48.9 Å². The van der Waals surface area contributed by atoms with Crippen LogP contribution in [0.25, 0.3) is 5.65 Å². The minimum Gasteiger partial charge on any atom is -0.493 e. The highest BCUT2D eigenvalue weighted by Gasteiger charge is 2.33. The van der Waals surface area contributed by atoms with Crippen LogP contribution in [0.2, 0.25) is 5.02 Å². The molecule has 3 aromatic rings. The highest BCUT2D eigenvalue weighted by atomic mass is 35.5. The summed E-state index contributed by atoms with van der Waals surface area (Å²) in [6.07, 6.45) is 5.56. The molecule has 2 atom stereocenters. The molecule has 3 aliphatic rings. The van der Waals surface area contributed by atoms with Gasteiger partial charge in [0.1, 0.15) is 17.4 Å². The second-order valence-corrected chi connectivity index (χ2v) is 10.8. The third kappa shape index (κ3) is 4.59. The van der Waals surface area contributed by atoms with E-state index < -0.39 is 0 Å². The van der Waals surface area contributed by atoms with E-state index in [0.717, 1.165) is 86.7 Å². The first-order chi connectivity index (χ1) is 18.0. The second-order valence-electron chi connectivity index (χ2n) is 10.4. The summed E-state index contributed by atoms with van der Waals surface area (Å²) in [6, 6.07) is 7.38. The van der Waals surface area contributed by atoms with Gasteiger partial charge >= 0.3 is 0 Å². The number of halogens is 1. The van der Waals surface area contributed by atoms with Gasteiger partial charge in [-0.05, 0) is 63.6 Å². The van der Waals surface area contributed by atoms with Crippen LogP contribution in [-0.2, 0) is 0 Å². The summed E-state index contributed by atoms with van der Waals surface area (Å²) in [7, 11) is 0. The van der Waals surface area contributed by atoms with Crippen LogP contribution in [0.4, 0.5) is 11.6 Å². The minimum atomic E-state index is -0.142. The Morgan fingerprint density at radius 2 is 2.03 bits per heavy atom. The molecule has 2 saturated heterocycles. The monoisotopic (exact) mass is 523 g/mol. The van der Waals surface area contributed by atoms with Gasteiger partial charge in [-0.15, -0.1) is 0 Å². The van der Waals surface area contributed by atoms with E-state index >= 15 is 0 Å². The number of piperidine rings is 1. The first-order valence-electron chi connectivity index (χ1n) is 13.4. The molecular formula is C27H34ClN7O2. The van der Waals surface area contributed by atoms with Gasteiger partial charge in [-0.25, -0.2) is 4.98 Å². The maximum atomic E-state index is 13.9. The fourth-order valence-electron chi connectivity index (χ4n) is 5.80. The van der Waals surface area contributed by atoms with Crippen molar-refractivity contribution in [1.29, 1.82) is 0 Å². The quantitative estimate of drug-likeness (QED) is 0.493. The molecule has 5 heterocycles. The molecule has 196 valence electrons. The van der Waals surface area contributed by atoms with Crippen molar-refractivity contribution in [2.45, 2.75) is 57.5 Å². The highest BCUT2D eigenvalue weighted by molar-refractivity contribution is 6.31. The lowest BCUT2D eigenvalue weighted by atomic mass is 9.98. The number of nitrogens with zero attached hydrogens (tertiary/aromatic N) is 5. The molecule has 6 rings (SSSR count). The second kappa shape index (κ2) is 10.0. The van der Waals surface area contributed by atoms with Crippen molar-refractivity contribution in [3.8, 4) is 5.75 Å². The van der Waals surface area contributed by atoms with Crippen molar-refractivity contribution in [3.05, 3.63) is 46.1 Å². The first-order valence-corrected chi connectivity index (χ1v) is 13.8. The number of ether oxygens (including phenoxy) is 1. The summed E-state index contributed by atoms with van der Waals surface area (Å²) in [5.41, 5.74) is 9.45. The van der Waals surface area contributed by atoms with Crippen molar-refractivity contribution in [2.75, 3.05) is 43.0 Å². The molecule has 3 N–H and O–H groups in total.